The average Bonchev–Trinajstić information content (AvgIpc) is 2.32. The van der Waals surface area contributed by atoms with Crippen LogP contribution in [0.1, 0.15) is 12.5 Å². The van der Waals surface area contributed by atoms with Crippen LogP contribution in [0.15, 0.2) is 18.2 Å². The van der Waals surface area contributed by atoms with Crippen LogP contribution >= 0.6 is 23.2 Å². The molecule has 18 heavy (non-hydrogen) atoms. The molecule has 1 unspecified atom stereocenters. The second-order valence-electron chi connectivity index (χ2n) is 4.39. The molecule has 0 heterocycles. The number of carbonyl (C=O) groups excluding carboxylic acids is 1. The maximum atomic E-state index is 12.0. The van der Waals surface area contributed by atoms with E-state index in [4.69, 9.17) is 23.2 Å². The summed E-state index contributed by atoms with van der Waals surface area (Å²) in [6, 6.07) is 5.31. The predicted octanol–water partition coefficient (Wildman–Crippen LogP) is 2.81. The summed E-state index contributed by atoms with van der Waals surface area (Å²) in [5.41, 5.74) is 0.897. The highest BCUT2D eigenvalue weighted by atomic mass is 35.5. The van der Waals surface area contributed by atoms with E-state index in [1.54, 1.807) is 24.1 Å². The molecule has 1 amide bonds. The zero-order chi connectivity index (χ0) is 13.7. The van der Waals surface area contributed by atoms with E-state index >= 15 is 0 Å². The van der Waals surface area contributed by atoms with Crippen molar-refractivity contribution in [2.45, 2.75) is 13.5 Å². The highest BCUT2D eigenvalue weighted by Gasteiger charge is 2.17. The fraction of sp³-hybridized carbons (Fsp3) is 0.462. The molecule has 0 aliphatic heterocycles. The molecule has 1 aromatic rings. The first kappa shape index (κ1) is 15.3. The number of benzene rings is 1. The van der Waals surface area contributed by atoms with Gasteiger partial charge in [-0.05, 0) is 24.7 Å². The van der Waals surface area contributed by atoms with Gasteiger partial charge in [-0.2, -0.15) is 0 Å². The van der Waals surface area contributed by atoms with Crippen LogP contribution in [0.4, 0.5) is 0 Å². The Morgan fingerprint density at radius 2 is 2.11 bits per heavy atom. The van der Waals surface area contributed by atoms with E-state index in [0.717, 1.165) is 5.56 Å². The van der Waals surface area contributed by atoms with Crippen molar-refractivity contribution in [3.8, 4) is 0 Å². The van der Waals surface area contributed by atoms with Crippen molar-refractivity contribution < 1.29 is 4.79 Å². The fourth-order valence-corrected chi connectivity index (χ4v) is 2.22. The van der Waals surface area contributed by atoms with Gasteiger partial charge in [-0.15, -0.1) is 0 Å². The van der Waals surface area contributed by atoms with Crippen molar-refractivity contribution in [2.75, 3.05) is 20.6 Å². The first-order chi connectivity index (χ1) is 8.45. The van der Waals surface area contributed by atoms with Gasteiger partial charge in [0.2, 0.25) is 5.91 Å². The monoisotopic (exact) mass is 288 g/mol. The molecule has 0 bridgehead atoms. The second-order valence-corrected chi connectivity index (χ2v) is 5.23. The Morgan fingerprint density at radius 1 is 1.44 bits per heavy atom. The Bertz CT molecular complexity index is 423. The Labute approximate surface area is 118 Å². The van der Waals surface area contributed by atoms with Crippen LogP contribution in [0.3, 0.4) is 0 Å². The van der Waals surface area contributed by atoms with E-state index in [0.29, 0.717) is 23.1 Å². The van der Waals surface area contributed by atoms with E-state index < -0.39 is 0 Å². The molecule has 100 valence electrons. The normalized spacial score (nSPS) is 12.3. The van der Waals surface area contributed by atoms with E-state index in [1.807, 2.05) is 20.0 Å². The fourth-order valence-electron chi connectivity index (χ4n) is 1.75. The van der Waals surface area contributed by atoms with Crippen LogP contribution in [0.2, 0.25) is 10.0 Å². The minimum Gasteiger partial charge on any atom is -0.341 e. The van der Waals surface area contributed by atoms with Gasteiger partial charge in [-0.3, -0.25) is 4.79 Å². The lowest BCUT2D eigenvalue weighted by Crippen LogP contribution is -2.35. The average molecular weight is 289 g/mol. The second kappa shape index (κ2) is 6.98. The van der Waals surface area contributed by atoms with E-state index in [-0.39, 0.29) is 11.8 Å². The molecule has 0 spiro atoms. The zero-order valence-electron chi connectivity index (χ0n) is 10.8. The zero-order valence-corrected chi connectivity index (χ0v) is 12.3. The van der Waals surface area contributed by atoms with Crippen LogP contribution in [0.25, 0.3) is 0 Å². The summed E-state index contributed by atoms with van der Waals surface area (Å²) in [5, 5.41) is 4.18. The Morgan fingerprint density at radius 3 is 2.67 bits per heavy atom. The molecule has 0 saturated carbocycles. The minimum atomic E-state index is -0.0499. The molecule has 5 heteroatoms. The van der Waals surface area contributed by atoms with Gasteiger partial charge < -0.3 is 10.2 Å². The van der Waals surface area contributed by atoms with Crippen LogP contribution < -0.4 is 5.32 Å². The molecule has 0 fully saturated rings. The van der Waals surface area contributed by atoms with Gasteiger partial charge in [0.15, 0.2) is 0 Å². The third kappa shape index (κ3) is 4.16. The Balaban J connectivity index is 2.69. The summed E-state index contributed by atoms with van der Waals surface area (Å²) in [5.74, 6) is 0.0430. The maximum absolute atomic E-state index is 12.0. The van der Waals surface area contributed by atoms with Gasteiger partial charge in [0.1, 0.15) is 0 Å². The van der Waals surface area contributed by atoms with E-state index in [9.17, 15) is 4.79 Å². The van der Waals surface area contributed by atoms with Crippen LogP contribution in [-0.4, -0.2) is 31.4 Å². The lowest BCUT2D eigenvalue weighted by molar-refractivity contribution is -0.134. The molecule has 1 atom stereocenters. The number of nitrogens with zero attached hydrogens (tertiary/aromatic N) is 1. The molecule has 0 radical (unpaired) electrons. The Kier molecular flexibility index (Phi) is 5.93. The molecular weight excluding hydrogens is 271 g/mol. The van der Waals surface area contributed by atoms with Gasteiger partial charge in [-0.25, -0.2) is 0 Å². The van der Waals surface area contributed by atoms with E-state index in [2.05, 4.69) is 5.32 Å². The third-order valence-electron chi connectivity index (χ3n) is 2.73. The van der Waals surface area contributed by atoms with Crippen LogP contribution in [-0.2, 0) is 11.3 Å². The predicted molar refractivity (Wildman–Crippen MR) is 76.0 cm³/mol. The molecule has 1 aromatic carbocycles. The smallest absolute Gasteiger partial charge is 0.226 e. The lowest BCUT2D eigenvalue weighted by Gasteiger charge is -2.22. The summed E-state index contributed by atoms with van der Waals surface area (Å²) < 4.78 is 0. The third-order valence-corrected chi connectivity index (χ3v) is 3.32. The topological polar surface area (TPSA) is 32.3 Å². The van der Waals surface area contributed by atoms with Crippen molar-refractivity contribution >= 4 is 29.1 Å². The number of rotatable bonds is 5. The van der Waals surface area contributed by atoms with Crippen molar-refractivity contribution in [3.63, 3.8) is 0 Å². The number of carbonyl (C=O) groups is 1. The molecule has 1 N–H and O–H groups in total. The van der Waals surface area contributed by atoms with Crippen LogP contribution in [0, 0.1) is 5.92 Å². The molecule has 0 aliphatic rings. The first-order valence-electron chi connectivity index (χ1n) is 5.79. The summed E-state index contributed by atoms with van der Waals surface area (Å²) >= 11 is 11.9. The highest BCUT2D eigenvalue weighted by molar-refractivity contribution is 6.35. The van der Waals surface area contributed by atoms with Crippen molar-refractivity contribution in [3.05, 3.63) is 33.8 Å². The number of nitrogens with one attached hydrogen (secondary N) is 1. The lowest BCUT2D eigenvalue weighted by atomic mass is 10.1. The van der Waals surface area contributed by atoms with Crippen molar-refractivity contribution in [2.24, 2.45) is 5.92 Å². The van der Waals surface area contributed by atoms with Crippen molar-refractivity contribution in [1.29, 1.82) is 0 Å². The minimum absolute atomic E-state index is 0.0499. The number of amides is 1. The van der Waals surface area contributed by atoms with Gasteiger partial charge in [-0.1, -0.05) is 36.2 Å². The molecule has 0 saturated heterocycles. The largest absolute Gasteiger partial charge is 0.341 e. The van der Waals surface area contributed by atoms with E-state index in [1.165, 1.54) is 0 Å². The first-order valence-corrected chi connectivity index (χ1v) is 6.54. The summed E-state index contributed by atoms with van der Waals surface area (Å²) in [6.07, 6.45) is 0. The molecule has 1 rings (SSSR count). The number of hydrogen-bond donors (Lipinski definition) is 1. The molecule has 0 aliphatic carbocycles. The number of halogens is 2. The van der Waals surface area contributed by atoms with Crippen molar-refractivity contribution in [1.82, 2.24) is 10.2 Å². The van der Waals surface area contributed by atoms with Crippen LogP contribution in [0.5, 0.6) is 0 Å². The molecular formula is C13H18Cl2N2O. The van der Waals surface area contributed by atoms with Gasteiger partial charge in [0.05, 0.1) is 0 Å². The number of hydrogen-bond acceptors (Lipinski definition) is 2. The summed E-state index contributed by atoms with van der Waals surface area (Å²) in [6.45, 7) is 3.05. The maximum Gasteiger partial charge on any atom is 0.226 e. The Hall–Kier alpha value is -0.770. The highest BCUT2D eigenvalue weighted by Crippen LogP contribution is 2.22. The van der Waals surface area contributed by atoms with Gasteiger partial charge in [0.25, 0.3) is 0 Å². The SMILES string of the molecule is CNCC(C)C(=O)N(C)Cc1ccc(Cl)cc1Cl. The molecule has 0 aromatic heterocycles. The quantitative estimate of drug-likeness (QED) is 0.904. The van der Waals surface area contributed by atoms with Gasteiger partial charge >= 0.3 is 0 Å². The molecule has 3 nitrogen and oxygen atoms in total. The van der Waals surface area contributed by atoms with Gasteiger partial charge in [0, 0.05) is 36.1 Å². The summed E-state index contributed by atoms with van der Waals surface area (Å²) in [7, 11) is 3.61. The summed E-state index contributed by atoms with van der Waals surface area (Å²) in [4.78, 5) is 13.7. The standard InChI is InChI=1S/C13H18Cl2N2O/c1-9(7-16-2)13(18)17(3)8-10-4-5-11(14)6-12(10)15/h4-6,9,16H,7-8H2,1-3H3.